The van der Waals surface area contributed by atoms with E-state index >= 15 is 0 Å². The monoisotopic (exact) mass is 271 g/mol. The van der Waals surface area contributed by atoms with Gasteiger partial charge >= 0.3 is 0 Å². The number of hydrogen-bond donors (Lipinski definition) is 3. The van der Waals surface area contributed by atoms with Crippen LogP contribution >= 0.6 is 0 Å². The van der Waals surface area contributed by atoms with Crippen molar-refractivity contribution in [3.05, 3.63) is 29.3 Å². The maximum atomic E-state index is 11.8. The Labute approximate surface area is 106 Å². The Bertz CT molecular complexity index is 520. The molecule has 6 nitrogen and oxygen atoms in total. The Morgan fingerprint density at radius 1 is 1.39 bits per heavy atom. The Morgan fingerprint density at radius 2 is 2.06 bits per heavy atom. The van der Waals surface area contributed by atoms with Gasteiger partial charge in [0.1, 0.15) is 0 Å². The van der Waals surface area contributed by atoms with Crippen LogP contribution in [0.1, 0.15) is 22.3 Å². The molecule has 0 aliphatic carbocycles. The molecular weight excluding hydrogens is 254 g/mol. The van der Waals surface area contributed by atoms with Gasteiger partial charge < -0.3 is 11.1 Å². The third kappa shape index (κ3) is 4.34. The number of anilines is 1. The highest BCUT2D eigenvalue weighted by molar-refractivity contribution is 7.89. The summed E-state index contributed by atoms with van der Waals surface area (Å²) in [7, 11) is -3.48. The normalized spacial score (nSPS) is 11.2. The quantitative estimate of drug-likeness (QED) is 0.515. The first-order valence-corrected chi connectivity index (χ1v) is 7.16. The molecule has 18 heavy (non-hydrogen) atoms. The van der Waals surface area contributed by atoms with Crippen LogP contribution in [0.3, 0.4) is 0 Å². The molecule has 1 aromatic rings. The number of amides is 1. The van der Waals surface area contributed by atoms with Crippen molar-refractivity contribution in [2.75, 3.05) is 18.0 Å². The van der Waals surface area contributed by atoms with Gasteiger partial charge in [-0.25, -0.2) is 13.6 Å². The van der Waals surface area contributed by atoms with Gasteiger partial charge in [0.25, 0.3) is 5.91 Å². The van der Waals surface area contributed by atoms with Crippen LogP contribution in [0, 0.1) is 6.92 Å². The van der Waals surface area contributed by atoms with Crippen LogP contribution in [0.25, 0.3) is 0 Å². The highest BCUT2D eigenvalue weighted by Gasteiger charge is 2.12. The molecule has 0 saturated carbocycles. The number of sulfonamides is 1. The second-order valence-electron chi connectivity index (χ2n) is 4.02. The number of nitrogens with two attached hydrogens (primary N) is 2. The number of rotatable bonds is 5. The van der Waals surface area contributed by atoms with Crippen molar-refractivity contribution in [3.63, 3.8) is 0 Å². The van der Waals surface area contributed by atoms with Crippen molar-refractivity contribution in [1.29, 1.82) is 0 Å². The fraction of sp³-hybridized carbons (Fsp3) is 0.364. The third-order valence-corrected chi connectivity index (χ3v) is 3.28. The average Bonchev–Trinajstić information content (AvgIpc) is 2.23. The second-order valence-corrected chi connectivity index (χ2v) is 5.75. The van der Waals surface area contributed by atoms with Gasteiger partial charge in [-0.3, -0.25) is 4.79 Å². The Kier molecular flexibility index (Phi) is 4.69. The number of carbonyl (C=O) groups is 1. The van der Waals surface area contributed by atoms with E-state index in [9.17, 15) is 13.2 Å². The molecule has 0 atom stereocenters. The summed E-state index contributed by atoms with van der Waals surface area (Å²) in [5, 5.41) is 7.47. The van der Waals surface area contributed by atoms with Crippen LogP contribution in [-0.4, -0.2) is 26.6 Å². The predicted octanol–water partition coefficient (Wildman–Crippen LogP) is -0.0144. The fourth-order valence-corrected chi connectivity index (χ4v) is 2.11. The Hall–Kier alpha value is -1.60. The molecular formula is C11H17N3O3S. The standard InChI is InChI=1S/C11H17N3O3S/c1-8-4-2-5-9(12)10(8)11(15)14-6-3-7-18(13,16)17/h2,4-5H,3,6-7,12H2,1H3,(H,14,15)(H2,13,16,17). The first kappa shape index (κ1) is 14.5. The summed E-state index contributed by atoms with van der Waals surface area (Å²) in [4.78, 5) is 11.8. The van der Waals surface area contributed by atoms with Crippen LogP contribution in [0.4, 0.5) is 5.69 Å². The van der Waals surface area contributed by atoms with Gasteiger partial charge in [-0.05, 0) is 25.0 Å². The molecule has 100 valence electrons. The smallest absolute Gasteiger partial charge is 0.253 e. The summed E-state index contributed by atoms with van der Waals surface area (Å²) in [6.07, 6.45) is 0.274. The zero-order valence-corrected chi connectivity index (χ0v) is 11.0. The number of primary sulfonamides is 1. The zero-order valence-electron chi connectivity index (χ0n) is 10.1. The number of aryl methyl sites for hydroxylation is 1. The van der Waals surface area contributed by atoms with E-state index in [2.05, 4.69) is 5.32 Å². The first-order valence-electron chi connectivity index (χ1n) is 5.45. The van der Waals surface area contributed by atoms with E-state index < -0.39 is 10.0 Å². The molecule has 0 aromatic heterocycles. The minimum Gasteiger partial charge on any atom is -0.398 e. The lowest BCUT2D eigenvalue weighted by Crippen LogP contribution is -2.28. The topological polar surface area (TPSA) is 115 Å². The minimum atomic E-state index is -3.48. The first-order chi connectivity index (χ1) is 8.31. The zero-order chi connectivity index (χ0) is 13.8. The van der Waals surface area contributed by atoms with Crippen molar-refractivity contribution in [3.8, 4) is 0 Å². The van der Waals surface area contributed by atoms with Crippen LogP contribution < -0.4 is 16.2 Å². The molecule has 0 saturated heterocycles. The number of benzene rings is 1. The minimum absolute atomic E-state index is 0.156. The van der Waals surface area contributed by atoms with E-state index in [4.69, 9.17) is 10.9 Å². The largest absolute Gasteiger partial charge is 0.398 e. The van der Waals surface area contributed by atoms with Crippen LogP contribution in [-0.2, 0) is 10.0 Å². The SMILES string of the molecule is Cc1cccc(N)c1C(=O)NCCCS(N)(=O)=O. The van der Waals surface area contributed by atoms with Gasteiger partial charge in [0, 0.05) is 12.2 Å². The second kappa shape index (κ2) is 5.83. The van der Waals surface area contributed by atoms with Crippen LogP contribution in [0.15, 0.2) is 18.2 Å². The summed E-state index contributed by atoms with van der Waals surface area (Å²) in [6.45, 7) is 2.03. The Morgan fingerprint density at radius 3 is 2.61 bits per heavy atom. The van der Waals surface area contributed by atoms with E-state index in [-0.39, 0.29) is 24.6 Å². The van der Waals surface area contributed by atoms with Crippen molar-refractivity contribution in [1.82, 2.24) is 5.32 Å². The van der Waals surface area contributed by atoms with E-state index in [1.807, 2.05) is 0 Å². The maximum absolute atomic E-state index is 11.8. The lowest BCUT2D eigenvalue weighted by Gasteiger charge is -2.09. The third-order valence-electron chi connectivity index (χ3n) is 2.42. The summed E-state index contributed by atoms with van der Waals surface area (Å²) in [6, 6.07) is 5.20. The molecule has 1 amide bonds. The lowest BCUT2D eigenvalue weighted by molar-refractivity contribution is 0.0954. The molecule has 0 spiro atoms. The predicted molar refractivity (Wildman–Crippen MR) is 70.5 cm³/mol. The van der Waals surface area contributed by atoms with E-state index in [1.54, 1.807) is 25.1 Å². The molecule has 0 bridgehead atoms. The maximum Gasteiger partial charge on any atom is 0.253 e. The summed E-state index contributed by atoms with van der Waals surface area (Å²) >= 11 is 0. The number of hydrogen-bond acceptors (Lipinski definition) is 4. The highest BCUT2D eigenvalue weighted by Crippen LogP contribution is 2.15. The molecule has 0 heterocycles. The molecule has 1 aromatic carbocycles. The number of nitrogen functional groups attached to an aromatic ring is 1. The molecule has 0 aliphatic heterocycles. The van der Waals surface area contributed by atoms with Gasteiger partial charge in [-0.1, -0.05) is 12.1 Å². The van der Waals surface area contributed by atoms with Crippen molar-refractivity contribution in [2.45, 2.75) is 13.3 Å². The number of nitrogens with one attached hydrogen (secondary N) is 1. The molecule has 0 radical (unpaired) electrons. The highest BCUT2D eigenvalue weighted by atomic mass is 32.2. The molecule has 0 fully saturated rings. The fourth-order valence-electron chi connectivity index (χ4n) is 1.56. The van der Waals surface area contributed by atoms with Gasteiger partial charge in [-0.2, -0.15) is 0 Å². The van der Waals surface area contributed by atoms with Gasteiger partial charge in [-0.15, -0.1) is 0 Å². The summed E-state index contributed by atoms with van der Waals surface area (Å²) < 4.78 is 21.4. The van der Waals surface area contributed by atoms with Crippen LogP contribution in [0.2, 0.25) is 0 Å². The van der Waals surface area contributed by atoms with E-state index in [0.29, 0.717) is 11.3 Å². The van der Waals surface area contributed by atoms with E-state index in [1.165, 1.54) is 0 Å². The molecule has 1 rings (SSSR count). The molecule has 7 heteroatoms. The van der Waals surface area contributed by atoms with Gasteiger partial charge in [0.2, 0.25) is 10.0 Å². The molecule has 0 unspecified atom stereocenters. The van der Waals surface area contributed by atoms with Gasteiger partial charge in [0.05, 0.1) is 11.3 Å². The van der Waals surface area contributed by atoms with Crippen molar-refractivity contribution in [2.24, 2.45) is 5.14 Å². The van der Waals surface area contributed by atoms with E-state index in [0.717, 1.165) is 5.56 Å². The van der Waals surface area contributed by atoms with Crippen molar-refractivity contribution >= 4 is 21.6 Å². The summed E-state index contributed by atoms with van der Waals surface area (Å²) in [5.74, 6) is -0.462. The number of carbonyl (C=O) groups excluding carboxylic acids is 1. The molecule has 0 aliphatic rings. The summed E-state index contributed by atoms with van der Waals surface area (Å²) in [5.41, 5.74) is 7.32. The average molecular weight is 271 g/mol. The molecule has 5 N–H and O–H groups in total. The van der Waals surface area contributed by atoms with Crippen molar-refractivity contribution < 1.29 is 13.2 Å². The van der Waals surface area contributed by atoms with Crippen LogP contribution in [0.5, 0.6) is 0 Å². The van der Waals surface area contributed by atoms with Gasteiger partial charge in [0.15, 0.2) is 0 Å². The lowest BCUT2D eigenvalue weighted by atomic mass is 10.1. The Balaban J connectivity index is 2.56.